The Morgan fingerprint density at radius 2 is 1.31 bits per heavy atom. The molecule has 0 saturated heterocycles. The lowest BCUT2D eigenvalue weighted by atomic mass is 9.59. The van der Waals surface area contributed by atoms with Gasteiger partial charge in [-0.05, 0) is 110 Å². The molecule has 5 nitrogen and oxygen atoms in total. The number of nitrogens with zero attached hydrogens (tertiary/aromatic N) is 3. The first-order valence-corrected chi connectivity index (χ1v) is 23.8. The van der Waals surface area contributed by atoms with Gasteiger partial charge in [0.15, 0.2) is 7.28 Å². The molecule has 6 heteroatoms. The highest BCUT2D eigenvalue weighted by atomic mass is 16.3. The molecule has 0 unspecified atom stereocenters. The summed E-state index contributed by atoms with van der Waals surface area (Å²) in [5, 5.41) is 8.74. The zero-order valence-electron chi connectivity index (χ0n) is 39.8. The number of hydrogen-bond acceptors (Lipinski definition) is 3. The minimum atomic E-state index is -0.120. The zero-order chi connectivity index (χ0) is 45.9. The van der Waals surface area contributed by atoms with Crippen molar-refractivity contribution in [2.75, 3.05) is 5.32 Å². The van der Waals surface area contributed by atoms with E-state index in [9.17, 15) is 0 Å². The molecule has 67 heavy (non-hydrogen) atoms. The van der Waals surface area contributed by atoms with E-state index in [1.165, 1.54) is 77.4 Å². The first kappa shape index (κ1) is 40.0. The third-order valence-electron chi connectivity index (χ3n) is 15.3. The molecule has 1 aliphatic heterocycles. The van der Waals surface area contributed by atoms with E-state index in [4.69, 9.17) is 9.40 Å². The Balaban J connectivity index is 1.10. The molecule has 0 radical (unpaired) electrons. The number of furan rings is 1. The van der Waals surface area contributed by atoms with Gasteiger partial charge >= 0.3 is 0 Å². The van der Waals surface area contributed by atoms with E-state index in [-0.39, 0.29) is 16.2 Å². The monoisotopic (exact) mass is 868 g/mol. The molecular weight excluding hydrogens is 816 g/mol. The number of benzene rings is 8. The first-order chi connectivity index (χ1) is 32.1. The fourth-order valence-corrected chi connectivity index (χ4v) is 11.5. The van der Waals surface area contributed by atoms with Crippen LogP contribution in [-0.4, -0.2) is 21.4 Å². The maximum atomic E-state index is 6.71. The number of nitrogens with one attached hydrogen (secondary N) is 1. The lowest BCUT2D eigenvalue weighted by Gasteiger charge is -2.24. The minimum absolute atomic E-state index is 0.00424. The molecule has 8 aromatic carbocycles. The molecule has 326 valence electrons. The van der Waals surface area contributed by atoms with Crippen molar-refractivity contribution in [3.63, 3.8) is 0 Å². The Morgan fingerprint density at radius 3 is 2.09 bits per heavy atom. The maximum Gasteiger partial charge on any atom is 0.198 e. The van der Waals surface area contributed by atoms with Crippen molar-refractivity contribution in [3.8, 4) is 39.3 Å². The number of fused-ring (bicyclic) bond motifs is 12. The predicted octanol–water partition coefficient (Wildman–Crippen LogP) is 14.2. The summed E-state index contributed by atoms with van der Waals surface area (Å²) >= 11 is 0. The summed E-state index contributed by atoms with van der Waals surface area (Å²) in [5.41, 5.74) is 23.7. The van der Waals surface area contributed by atoms with Crippen LogP contribution in [0.25, 0.3) is 94.1 Å². The van der Waals surface area contributed by atoms with Crippen molar-refractivity contribution in [1.82, 2.24) is 14.1 Å². The largest absolute Gasteiger partial charge is 0.456 e. The second kappa shape index (κ2) is 13.6. The summed E-state index contributed by atoms with van der Waals surface area (Å²) < 4.78 is 11.6. The van der Waals surface area contributed by atoms with Gasteiger partial charge in [0.1, 0.15) is 17.0 Å². The lowest BCUT2D eigenvalue weighted by molar-refractivity contribution is 0.590. The van der Waals surface area contributed by atoms with Crippen LogP contribution in [0.1, 0.15) is 77.6 Å². The third kappa shape index (κ3) is 5.84. The molecule has 11 aromatic rings. The molecule has 0 atom stereocenters. The fraction of sp³-hybridized carbons (Fsp3) is 0.197. The Labute approximate surface area is 392 Å². The van der Waals surface area contributed by atoms with E-state index < -0.39 is 0 Å². The molecule has 0 amide bonds. The van der Waals surface area contributed by atoms with Crippen molar-refractivity contribution in [1.29, 1.82) is 0 Å². The van der Waals surface area contributed by atoms with Crippen molar-refractivity contribution < 1.29 is 4.42 Å². The van der Waals surface area contributed by atoms with Crippen molar-refractivity contribution >= 4 is 84.4 Å². The van der Waals surface area contributed by atoms with Gasteiger partial charge in [-0.1, -0.05) is 146 Å². The number of hydrogen-bond donors (Lipinski definition) is 1. The molecule has 1 aliphatic carbocycles. The number of imidazole rings is 1. The average molecular weight is 869 g/mol. The van der Waals surface area contributed by atoms with Gasteiger partial charge in [0.25, 0.3) is 0 Å². The van der Waals surface area contributed by atoms with Gasteiger partial charge < -0.3 is 18.9 Å². The van der Waals surface area contributed by atoms with Crippen LogP contribution >= 0.6 is 0 Å². The van der Waals surface area contributed by atoms with Gasteiger partial charge in [-0.3, -0.25) is 0 Å². The van der Waals surface area contributed by atoms with Gasteiger partial charge in [-0.2, -0.15) is 0 Å². The number of anilines is 2. The van der Waals surface area contributed by atoms with Gasteiger partial charge in [0, 0.05) is 68.1 Å². The number of rotatable bonds is 4. The molecule has 0 saturated carbocycles. The van der Waals surface area contributed by atoms with Crippen LogP contribution in [0.2, 0.25) is 0 Å². The summed E-state index contributed by atoms with van der Waals surface area (Å²) in [6, 6.07) is 54.3. The minimum Gasteiger partial charge on any atom is -0.456 e. The molecule has 1 N–H and O–H groups in total. The highest BCUT2D eigenvalue weighted by Gasteiger charge is 2.37. The van der Waals surface area contributed by atoms with Gasteiger partial charge in [-0.15, -0.1) is 0 Å². The quantitative estimate of drug-likeness (QED) is 0.179. The Kier molecular flexibility index (Phi) is 8.14. The highest BCUT2D eigenvalue weighted by molar-refractivity contribution is 6.73. The maximum absolute atomic E-state index is 6.71. The predicted molar refractivity (Wildman–Crippen MR) is 284 cm³/mol. The number of aromatic nitrogens is 3. The van der Waals surface area contributed by atoms with Crippen molar-refractivity contribution in [2.45, 2.75) is 71.6 Å². The van der Waals surface area contributed by atoms with E-state index in [1.54, 1.807) is 0 Å². The van der Waals surface area contributed by atoms with Crippen LogP contribution < -0.4 is 16.2 Å². The first-order valence-electron chi connectivity index (χ1n) is 23.8. The fourth-order valence-electron chi connectivity index (χ4n) is 11.5. The van der Waals surface area contributed by atoms with E-state index in [1.807, 2.05) is 0 Å². The summed E-state index contributed by atoms with van der Waals surface area (Å²) in [6.45, 7) is 18.4. The van der Waals surface area contributed by atoms with Crippen LogP contribution in [0.4, 0.5) is 11.4 Å². The average Bonchev–Trinajstić information content (AvgIpc) is 4.01. The van der Waals surface area contributed by atoms with Crippen molar-refractivity contribution in [2.24, 2.45) is 7.05 Å². The normalized spacial score (nSPS) is 14.0. The third-order valence-corrected chi connectivity index (χ3v) is 15.3. The molecule has 0 fully saturated rings. The van der Waals surface area contributed by atoms with Crippen LogP contribution in [-0.2, 0) is 23.3 Å². The van der Waals surface area contributed by atoms with Crippen LogP contribution in [0.15, 0.2) is 150 Å². The van der Waals surface area contributed by atoms with E-state index in [0.717, 1.165) is 68.6 Å². The molecular formula is C61H53BN4O. The molecule has 0 bridgehead atoms. The zero-order valence-corrected chi connectivity index (χ0v) is 39.8. The van der Waals surface area contributed by atoms with Crippen LogP contribution in [0.3, 0.4) is 0 Å². The molecule has 0 spiro atoms. The Bertz CT molecular complexity index is 3910. The molecule has 13 rings (SSSR count). The smallest absolute Gasteiger partial charge is 0.198 e. The second-order valence-electron chi connectivity index (χ2n) is 21.8. The summed E-state index contributed by atoms with van der Waals surface area (Å²) in [5.74, 6) is 0.969. The van der Waals surface area contributed by atoms with E-state index in [0.29, 0.717) is 0 Å². The standard InChI is InChI=1S/C61H53BN4O/c1-59(2,3)35-19-22-37(23-20-35)63-49-32-55-45(44-27-36(60(4,5)6)21-26-54(44)67-55)28-42(49)39-24-25-40-43-29-47-41(38-17-13-14-18-46(38)61(47,7)8)30-51(43)66-52-33-53-50(31-48(52)62-56(39)57(40)66)64-58(65(53)9)34-15-11-10-12-16-34/h10-33,62-63H,1-9H3. The topological polar surface area (TPSA) is 47.9 Å². The molecule has 4 heterocycles. The Morgan fingerprint density at radius 1 is 0.582 bits per heavy atom. The summed E-state index contributed by atoms with van der Waals surface area (Å²) in [4.78, 5) is 5.31. The van der Waals surface area contributed by atoms with Crippen molar-refractivity contribution in [3.05, 3.63) is 168 Å². The van der Waals surface area contributed by atoms with Gasteiger partial charge in [0.2, 0.25) is 0 Å². The summed E-state index contributed by atoms with van der Waals surface area (Å²) in [7, 11) is 2.91. The van der Waals surface area contributed by atoms with Gasteiger partial charge in [0.05, 0.1) is 22.2 Å². The van der Waals surface area contributed by atoms with Crippen LogP contribution in [0, 0.1) is 0 Å². The second-order valence-corrected chi connectivity index (χ2v) is 21.8. The lowest BCUT2D eigenvalue weighted by Crippen LogP contribution is -2.37. The molecule has 3 aromatic heterocycles. The van der Waals surface area contributed by atoms with Gasteiger partial charge in [-0.25, -0.2) is 4.98 Å². The highest BCUT2D eigenvalue weighted by Crippen LogP contribution is 2.51. The number of aryl methyl sites for hydroxylation is 1. The molecule has 2 aliphatic rings. The van der Waals surface area contributed by atoms with E-state index >= 15 is 0 Å². The van der Waals surface area contributed by atoms with Crippen LogP contribution in [0.5, 0.6) is 0 Å². The SMILES string of the molecule is Cn1c(-c2ccccc2)nc2cc3c(cc21)-n1c2cc4c(cc2c2ccc(-c5cc6c(cc5Nc5ccc(C(C)(C)C)cc5)oc5ccc(C(C)(C)C)cc56)c(c21)B3)C(C)(C)c1ccccc1-4. The Hall–Kier alpha value is -7.31. The van der Waals surface area contributed by atoms with E-state index in [2.05, 4.69) is 222 Å². The summed E-state index contributed by atoms with van der Waals surface area (Å²) in [6.07, 6.45) is 0.